The number of benzene rings is 1. The van der Waals surface area contributed by atoms with Gasteiger partial charge in [0, 0.05) is 19.4 Å². The lowest BCUT2D eigenvalue weighted by molar-refractivity contribution is -0.148. The van der Waals surface area contributed by atoms with Crippen molar-refractivity contribution in [2.45, 2.75) is 46.6 Å². The van der Waals surface area contributed by atoms with E-state index in [1.807, 2.05) is 32.0 Å². The largest absolute Gasteiger partial charge is 0.448 e. The Labute approximate surface area is 163 Å². The summed E-state index contributed by atoms with van der Waals surface area (Å²) in [5.41, 5.74) is 2.43. The number of nitrogens with zero attached hydrogens (tertiary/aromatic N) is 2. The molecule has 1 aliphatic rings. The molecule has 1 aliphatic heterocycles. The minimum Gasteiger partial charge on any atom is -0.448 e. The standard InChI is InChI=1S/C19H24N4O5/c1-5-20-19(27)21-17(25)13(4)28-18(26)14-8-9-16(24)23(22-14)15-10-11(2)6-7-12(15)3/h6-7,10,13H,5,8-9H2,1-4H3,(H2,20,21,25,27)/t13-/m0/s1. The molecule has 1 heterocycles. The smallest absolute Gasteiger partial charge is 0.355 e. The molecule has 1 aromatic rings. The van der Waals surface area contributed by atoms with Crippen LogP contribution in [0.15, 0.2) is 23.3 Å². The maximum atomic E-state index is 12.4. The van der Waals surface area contributed by atoms with Crippen molar-refractivity contribution in [3.8, 4) is 0 Å². The lowest BCUT2D eigenvalue weighted by Crippen LogP contribution is -2.45. The van der Waals surface area contributed by atoms with Crippen molar-refractivity contribution in [1.29, 1.82) is 0 Å². The van der Waals surface area contributed by atoms with Gasteiger partial charge in [-0.3, -0.25) is 14.9 Å². The van der Waals surface area contributed by atoms with Crippen LogP contribution in [0.1, 0.15) is 37.8 Å². The van der Waals surface area contributed by atoms with Crippen LogP contribution in [0, 0.1) is 13.8 Å². The highest BCUT2D eigenvalue weighted by Crippen LogP contribution is 2.25. The molecule has 28 heavy (non-hydrogen) atoms. The molecule has 9 heteroatoms. The Kier molecular flexibility index (Phi) is 6.86. The van der Waals surface area contributed by atoms with Crippen LogP contribution in [0.5, 0.6) is 0 Å². The number of rotatable bonds is 5. The van der Waals surface area contributed by atoms with Crippen LogP contribution >= 0.6 is 0 Å². The number of anilines is 1. The van der Waals surface area contributed by atoms with Gasteiger partial charge in [0.15, 0.2) is 6.10 Å². The van der Waals surface area contributed by atoms with Crippen molar-refractivity contribution in [3.05, 3.63) is 29.3 Å². The number of hydrogen-bond donors (Lipinski definition) is 2. The number of amides is 4. The van der Waals surface area contributed by atoms with Crippen molar-refractivity contribution in [1.82, 2.24) is 10.6 Å². The third-order valence-electron chi connectivity index (χ3n) is 4.09. The fraction of sp³-hybridized carbons (Fsp3) is 0.421. The molecule has 2 N–H and O–H groups in total. The minimum absolute atomic E-state index is 0.0400. The third-order valence-corrected chi connectivity index (χ3v) is 4.09. The Hall–Kier alpha value is -3.23. The first kappa shape index (κ1) is 21.1. The van der Waals surface area contributed by atoms with E-state index in [1.165, 1.54) is 11.9 Å². The second kappa shape index (κ2) is 9.12. The molecule has 1 aromatic carbocycles. The van der Waals surface area contributed by atoms with Gasteiger partial charge in [-0.1, -0.05) is 12.1 Å². The number of hydrazone groups is 1. The van der Waals surface area contributed by atoms with Gasteiger partial charge >= 0.3 is 12.0 Å². The van der Waals surface area contributed by atoms with Crippen LogP contribution in [-0.2, 0) is 19.1 Å². The monoisotopic (exact) mass is 388 g/mol. The van der Waals surface area contributed by atoms with Crippen molar-refractivity contribution >= 4 is 35.2 Å². The molecule has 4 amide bonds. The first-order valence-electron chi connectivity index (χ1n) is 9.00. The van der Waals surface area contributed by atoms with Gasteiger partial charge in [-0.15, -0.1) is 0 Å². The van der Waals surface area contributed by atoms with Crippen LogP contribution in [0.25, 0.3) is 0 Å². The number of hydrogen-bond acceptors (Lipinski definition) is 6. The molecule has 0 radical (unpaired) electrons. The van der Waals surface area contributed by atoms with Crippen molar-refractivity contribution in [2.24, 2.45) is 5.10 Å². The van der Waals surface area contributed by atoms with Crippen LogP contribution in [0.3, 0.4) is 0 Å². The lowest BCUT2D eigenvalue weighted by atomic mass is 10.1. The highest BCUT2D eigenvalue weighted by molar-refractivity contribution is 6.38. The van der Waals surface area contributed by atoms with Gasteiger partial charge in [0.25, 0.3) is 5.91 Å². The quantitative estimate of drug-likeness (QED) is 0.743. The molecule has 1 atom stereocenters. The molecule has 0 fully saturated rings. The van der Waals surface area contributed by atoms with Gasteiger partial charge < -0.3 is 10.1 Å². The van der Waals surface area contributed by atoms with E-state index in [4.69, 9.17) is 4.74 Å². The summed E-state index contributed by atoms with van der Waals surface area (Å²) in [7, 11) is 0. The summed E-state index contributed by atoms with van der Waals surface area (Å²) >= 11 is 0. The summed E-state index contributed by atoms with van der Waals surface area (Å²) in [4.78, 5) is 48.0. The maximum Gasteiger partial charge on any atom is 0.355 e. The first-order valence-corrected chi connectivity index (χ1v) is 9.00. The van der Waals surface area contributed by atoms with Crippen LogP contribution in [0.4, 0.5) is 10.5 Å². The highest BCUT2D eigenvalue weighted by atomic mass is 16.5. The number of imide groups is 1. The second-order valence-corrected chi connectivity index (χ2v) is 6.44. The summed E-state index contributed by atoms with van der Waals surface area (Å²) in [6, 6.07) is 4.93. The summed E-state index contributed by atoms with van der Waals surface area (Å²) in [6.07, 6.45) is -0.977. The molecule has 0 aliphatic carbocycles. The summed E-state index contributed by atoms with van der Waals surface area (Å²) in [5.74, 6) is -1.79. The van der Waals surface area contributed by atoms with E-state index in [0.29, 0.717) is 12.2 Å². The van der Waals surface area contributed by atoms with E-state index in [0.717, 1.165) is 11.1 Å². The van der Waals surface area contributed by atoms with E-state index < -0.39 is 24.0 Å². The van der Waals surface area contributed by atoms with Gasteiger partial charge in [-0.25, -0.2) is 9.59 Å². The zero-order valence-corrected chi connectivity index (χ0v) is 16.4. The highest BCUT2D eigenvalue weighted by Gasteiger charge is 2.29. The molecular formula is C19H24N4O5. The zero-order valence-electron chi connectivity index (χ0n) is 16.4. The van der Waals surface area contributed by atoms with Gasteiger partial charge in [0.2, 0.25) is 5.91 Å². The van der Waals surface area contributed by atoms with Crippen molar-refractivity contribution < 1.29 is 23.9 Å². The topological polar surface area (TPSA) is 117 Å². The van der Waals surface area contributed by atoms with E-state index in [9.17, 15) is 19.2 Å². The maximum absolute atomic E-state index is 12.4. The number of nitrogens with one attached hydrogen (secondary N) is 2. The SMILES string of the molecule is CCNC(=O)NC(=O)[C@H](C)OC(=O)C1=NN(c2cc(C)ccc2C)C(=O)CC1. The Bertz CT molecular complexity index is 834. The molecule has 2 rings (SSSR count). The van der Waals surface area contributed by atoms with Crippen LogP contribution in [0.2, 0.25) is 0 Å². The van der Waals surface area contributed by atoms with E-state index in [-0.39, 0.29) is 24.5 Å². The second-order valence-electron chi connectivity index (χ2n) is 6.44. The Morgan fingerprint density at radius 1 is 1.25 bits per heavy atom. The predicted molar refractivity (Wildman–Crippen MR) is 103 cm³/mol. The minimum atomic E-state index is -1.19. The summed E-state index contributed by atoms with van der Waals surface area (Å²) in [5, 5.41) is 9.83. The summed E-state index contributed by atoms with van der Waals surface area (Å²) < 4.78 is 5.10. The van der Waals surface area contributed by atoms with Crippen LogP contribution < -0.4 is 15.6 Å². The van der Waals surface area contributed by atoms with Crippen molar-refractivity contribution in [2.75, 3.05) is 11.6 Å². The molecular weight excluding hydrogens is 364 g/mol. The number of aryl methyl sites for hydroxylation is 2. The molecule has 0 saturated heterocycles. The molecule has 0 saturated carbocycles. The predicted octanol–water partition coefficient (Wildman–Crippen LogP) is 1.56. The number of urea groups is 1. The van der Waals surface area contributed by atoms with Crippen LogP contribution in [-0.4, -0.2) is 42.2 Å². The first-order chi connectivity index (χ1) is 13.2. The van der Waals surface area contributed by atoms with Gasteiger partial charge in [-0.2, -0.15) is 10.1 Å². The Morgan fingerprint density at radius 2 is 1.96 bits per heavy atom. The molecule has 0 bridgehead atoms. The normalized spacial score (nSPS) is 14.8. The summed E-state index contributed by atoms with van der Waals surface area (Å²) in [6.45, 7) is 7.15. The van der Waals surface area contributed by atoms with Gasteiger partial charge in [0.1, 0.15) is 5.71 Å². The van der Waals surface area contributed by atoms with Crippen molar-refractivity contribution in [3.63, 3.8) is 0 Å². The fourth-order valence-electron chi connectivity index (χ4n) is 2.54. The van der Waals surface area contributed by atoms with E-state index in [1.54, 1.807) is 6.92 Å². The van der Waals surface area contributed by atoms with E-state index >= 15 is 0 Å². The number of carbonyl (C=O) groups is 4. The number of esters is 1. The Balaban J connectivity index is 2.12. The average molecular weight is 388 g/mol. The number of ether oxygens (including phenoxy) is 1. The molecule has 9 nitrogen and oxygen atoms in total. The fourth-order valence-corrected chi connectivity index (χ4v) is 2.54. The Morgan fingerprint density at radius 3 is 2.64 bits per heavy atom. The van der Waals surface area contributed by atoms with Gasteiger partial charge in [-0.05, 0) is 44.9 Å². The third kappa shape index (κ3) is 5.15. The molecule has 150 valence electrons. The molecule has 0 unspecified atom stereocenters. The zero-order chi connectivity index (χ0) is 20.8. The average Bonchev–Trinajstić information content (AvgIpc) is 2.64. The molecule has 0 spiro atoms. The number of carbonyl (C=O) groups excluding carboxylic acids is 4. The van der Waals surface area contributed by atoms with E-state index in [2.05, 4.69) is 15.7 Å². The molecule has 0 aromatic heterocycles. The van der Waals surface area contributed by atoms with Gasteiger partial charge in [0.05, 0.1) is 5.69 Å². The lowest BCUT2D eigenvalue weighted by Gasteiger charge is -2.25.